The van der Waals surface area contributed by atoms with E-state index < -0.39 is 21.6 Å². The van der Waals surface area contributed by atoms with Crippen molar-refractivity contribution in [1.29, 1.82) is 0 Å². The van der Waals surface area contributed by atoms with Crippen LogP contribution in [0.25, 0.3) is 28.3 Å². The lowest BCUT2D eigenvalue weighted by atomic mass is 10.2. The normalized spacial score (nSPS) is 12.9. The van der Waals surface area contributed by atoms with Gasteiger partial charge in [-0.05, 0) is 12.1 Å². The summed E-state index contributed by atoms with van der Waals surface area (Å²) < 4.78 is 67.0. The predicted octanol–water partition coefficient (Wildman–Crippen LogP) is 2.49. The van der Waals surface area contributed by atoms with Gasteiger partial charge in [0.1, 0.15) is 16.1 Å². The number of hydrogen-bond acceptors (Lipinski definition) is 6. The summed E-state index contributed by atoms with van der Waals surface area (Å²) in [7, 11) is -2.21. The molecule has 0 unspecified atom stereocenters. The van der Waals surface area contributed by atoms with Gasteiger partial charge < -0.3 is 4.57 Å². The Morgan fingerprint density at radius 3 is 2.61 bits per heavy atom. The van der Waals surface area contributed by atoms with Crippen LogP contribution in [-0.4, -0.2) is 43.3 Å². The number of fused-ring (bicyclic) bond motifs is 2. The molecule has 0 atom stereocenters. The van der Waals surface area contributed by atoms with Gasteiger partial charge in [-0.15, -0.1) is 0 Å². The summed E-state index contributed by atoms with van der Waals surface area (Å²) in [5, 5.41) is 4.27. The van der Waals surface area contributed by atoms with E-state index in [2.05, 4.69) is 20.1 Å². The Labute approximate surface area is 156 Å². The van der Waals surface area contributed by atoms with E-state index in [1.165, 1.54) is 35.4 Å². The molecule has 12 heteroatoms. The second-order valence-corrected chi connectivity index (χ2v) is 8.24. The van der Waals surface area contributed by atoms with Crippen LogP contribution in [0.3, 0.4) is 0 Å². The zero-order chi connectivity index (χ0) is 20.3. The molecule has 0 aliphatic carbocycles. The Bertz CT molecular complexity index is 1320. The second-order valence-electron chi connectivity index (χ2n) is 6.03. The summed E-state index contributed by atoms with van der Waals surface area (Å²) in [6.07, 6.45) is -0.893. The van der Waals surface area contributed by atoms with E-state index in [0.29, 0.717) is 6.20 Å². The van der Waals surface area contributed by atoms with Crippen LogP contribution in [0.15, 0.2) is 35.6 Å². The topological polar surface area (TPSA) is 95.0 Å². The Morgan fingerprint density at radius 1 is 1.18 bits per heavy atom. The molecule has 4 aromatic heterocycles. The Hall–Kier alpha value is -3.02. The Kier molecular flexibility index (Phi) is 3.93. The van der Waals surface area contributed by atoms with Crippen molar-refractivity contribution in [3.63, 3.8) is 0 Å². The average molecular weight is 410 g/mol. The molecule has 4 aromatic rings. The molecule has 4 rings (SSSR count). The largest absolute Gasteiger partial charge is 0.417 e. The molecule has 0 saturated carbocycles. The maximum atomic E-state index is 13.0. The smallest absolute Gasteiger partial charge is 0.310 e. The lowest BCUT2D eigenvalue weighted by molar-refractivity contribution is -0.137. The van der Waals surface area contributed by atoms with Gasteiger partial charge >= 0.3 is 6.18 Å². The van der Waals surface area contributed by atoms with Gasteiger partial charge in [0.2, 0.25) is 0 Å². The van der Waals surface area contributed by atoms with Gasteiger partial charge in [-0.1, -0.05) is 6.92 Å². The monoisotopic (exact) mass is 410 g/mol. The quantitative estimate of drug-likeness (QED) is 0.515. The molecule has 0 radical (unpaired) electrons. The molecule has 0 N–H and O–H groups in total. The Balaban J connectivity index is 2.04. The summed E-state index contributed by atoms with van der Waals surface area (Å²) in [6, 6.07) is 2.45. The van der Waals surface area contributed by atoms with Crippen molar-refractivity contribution in [3.05, 3.63) is 36.3 Å². The first-order valence-electron chi connectivity index (χ1n) is 8.09. The van der Waals surface area contributed by atoms with Gasteiger partial charge in [0, 0.05) is 25.6 Å². The highest BCUT2D eigenvalue weighted by Crippen LogP contribution is 2.33. The number of aromatic nitrogens is 6. The maximum absolute atomic E-state index is 13.0. The first-order chi connectivity index (χ1) is 13.1. The molecule has 28 heavy (non-hydrogen) atoms. The molecule has 0 aliphatic heterocycles. The lowest BCUT2D eigenvalue weighted by Crippen LogP contribution is -2.07. The summed E-state index contributed by atoms with van der Waals surface area (Å²) >= 11 is 0. The van der Waals surface area contributed by atoms with Gasteiger partial charge in [0.25, 0.3) is 0 Å². The summed E-state index contributed by atoms with van der Waals surface area (Å²) in [4.78, 5) is 12.0. The van der Waals surface area contributed by atoms with Gasteiger partial charge in [-0.25, -0.2) is 27.9 Å². The second kappa shape index (κ2) is 5.99. The fraction of sp³-hybridized carbons (Fsp3) is 0.250. The van der Waals surface area contributed by atoms with Crippen LogP contribution in [0.1, 0.15) is 12.5 Å². The van der Waals surface area contributed by atoms with Crippen molar-refractivity contribution in [2.24, 2.45) is 7.05 Å². The van der Waals surface area contributed by atoms with E-state index in [1.54, 1.807) is 6.07 Å². The van der Waals surface area contributed by atoms with E-state index in [0.717, 1.165) is 6.07 Å². The number of sulfone groups is 1. The number of rotatable bonds is 3. The molecule has 0 spiro atoms. The standard InChI is InChI=1S/C16H13F3N6O2S/c1-3-28(26,27)12-11(23-25-6-4-5-20-15(12)25)14-22-10-7-9(16(17,18)19)8-21-13(10)24(14)2/h4-8H,3H2,1-2H3. The van der Waals surface area contributed by atoms with Gasteiger partial charge in [0.05, 0.1) is 11.3 Å². The SMILES string of the molecule is CCS(=O)(=O)c1c(-c2nc3cc(C(F)(F)F)cnc3n2C)nn2cccnc12. The molecule has 0 bridgehead atoms. The molecule has 146 valence electrons. The molecule has 0 fully saturated rings. The van der Waals surface area contributed by atoms with Crippen molar-refractivity contribution in [2.75, 3.05) is 5.75 Å². The highest BCUT2D eigenvalue weighted by molar-refractivity contribution is 7.91. The minimum Gasteiger partial charge on any atom is -0.310 e. The van der Waals surface area contributed by atoms with Crippen molar-refractivity contribution in [1.82, 2.24) is 29.1 Å². The number of alkyl halides is 3. The average Bonchev–Trinajstić information content (AvgIpc) is 3.19. The van der Waals surface area contributed by atoms with Crippen molar-refractivity contribution < 1.29 is 21.6 Å². The van der Waals surface area contributed by atoms with Crippen LogP contribution in [-0.2, 0) is 23.1 Å². The minimum absolute atomic E-state index is 0.00890. The molecule has 8 nitrogen and oxygen atoms in total. The molecule has 0 amide bonds. The summed E-state index contributed by atoms with van der Waals surface area (Å²) in [6.45, 7) is 1.48. The number of hydrogen-bond donors (Lipinski definition) is 0. The number of halogens is 3. The van der Waals surface area contributed by atoms with E-state index >= 15 is 0 Å². The maximum Gasteiger partial charge on any atom is 0.417 e. The van der Waals surface area contributed by atoms with E-state index in [4.69, 9.17) is 0 Å². The zero-order valence-electron chi connectivity index (χ0n) is 14.6. The van der Waals surface area contributed by atoms with Gasteiger partial charge in [-0.2, -0.15) is 18.3 Å². The van der Waals surface area contributed by atoms with E-state index in [1.807, 2.05) is 0 Å². The van der Waals surface area contributed by atoms with Crippen LogP contribution in [0, 0.1) is 0 Å². The molecule has 0 aliphatic rings. The zero-order valence-corrected chi connectivity index (χ0v) is 15.5. The molecule has 0 saturated heterocycles. The third-order valence-electron chi connectivity index (χ3n) is 4.29. The molecule has 4 heterocycles. The van der Waals surface area contributed by atoms with Crippen molar-refractivity contribution in [3.8, 4) is 11.5 Å². The molecule has 0 aromatic carbocycles. The van der Waals surface area contributed by atoms with Crippen LogP contribution in [0.2, 0.25) is 0 Å². The number of imidazole rings is 1. The van der Waals surface area contributed by atoms with Crippen LogP contribution in [0.5, 0.6) is 0 Å². The fourth-order valence-corrected chi connectivity index (χ4v) is 4.03. The minimum atomic E-state index is -4.57. The number of pyridine rings is 1. The highest BCUT2D eigenvalue weighted by Gasteiger charge is 2.33. The highest BCUT2D eigenvalue weighted by atomic mass is 32.2. The fourth-order valence-electron chi connectivity index (χ4n) is 2.89. The predicted molar refractivity (Wildman–Crippen MR) is 93.2 cm³/mol. The van der Waals surface area contributed by atoms with Crippen molar-refractivity contribution >= 4 is 26.6 Å². The lowest BCUT2D eigenvalue weighted by Gasteiger charge is -2.05. The van der Waals surface area contributed by atoms with E-state index in [9.17, 15) is 21.6 Å². The number of aryl methyl sites for hydroxylation is 1. The van der Waals surface area contributed by atoms with Crippen LogP contribution in [0.4, 0.5) is 13.2 Å². The third-order valence-corrected chi connectivity index (χ3v) is 6.05. The Morgan fingerprint density at radius 2 is 1.93 bits per heavy atom. The third kappa shape index (κ3) is 2.71. The number of nitrogens with zero attached hydrogens (tertiary/aromatic N) is 6. The van der Waals surface area contributed by atoms with Gasteiger partial charge in [-0.3, -0.25) is 0 Å². The van der Waals surface area contributed by atoms with E-state index in [-0.39, 0.29) is 39.0 Å². The van der Waals surface area contributed by atoms with Gasteiger partial charge in [0.15, 0.2) is 27.0 Å². The first-order valence-corrected chi connectivity index (χ1v) is 9.75. The first kappa shape index (κ1) is 18.3. The van der Waals surface area contributed by atoms with Crippen LogP contribution >= 0.6 is 0 Å². The molecular weight excluding hydrogens is 397 g/mol. The summed E-state index contributed by atoms with van der Waals surface area (Å²) in [5.41, 5.74) is -0.655. The van der Waals surface area contributed by atoms with Crippen LogP contribution < -0.4 is 0 Å². The molecular formula is C16H13F3N6O2S. The summed E-state index contributed by atoms with van der Waals surface area (Å²) in [5.74, 6) is -0.113. The van der Waals surface area contributed by atoms with Crippen molar-refractivity contribution in [2.45, 2.75) is 18.0 Å².